The van der Waals surface area contributed by atoms with Crippen molar-refractivity contribution in [2.45, 2.75) is 0 Å². The van der Waals surface area contributed by atoms with E-state index in [9.17, 15) is 9.59 Å². The molecule has 0 saturated carbocycles. The van der Waals surface area contributed by atoms with Crippen LogP contribution in [0, 0.1) is 0 Å². The molecule has 3 N–H and O–H groups in total. The van der Waals surface area contributed by atoms with Gasteiger partial charge in [-0.3, -0.25) is 9.36 Å². The van der Waals surface area contributed by atoms with Crippen molar-refractivity contribution in [3.63, 3.8) is 0 Å². The number of primary amides is 1. The maximum absolute atomic E-state index is 12.5. The maximum atomic E-state index is 12.5. The summed E-state index contributed by atoms with van der Waals surface area (Å²) in [5.41, 5.74) is 6.02. The lowest BCUT2D eigenvalue weighted by Gasteiger charge is -2.14. The largest absolute Gasteiger partial charge is 0.493 e. The zero-order chi connectivity index (χ0) is 18.1. The summed E-state index contributed by atoms with van der Waals surface area (Å²) in [5.74, 6) is 0.453. The maximum Gasteiger partial charge on any atom is 0.331 e. The number of benzene rings is 1. The van der Waals surface area contributed by atoms with Crippen molar-refractivity contribution in [3.05, 3.63) is 40.6 Å². The fourth-order valence-electron chi connectivity index (χ4n) is 2.67. The van der Waals surface area contributed by atoms with Crippen molar-refractivity contribution in [2.75, 3.05) is 21.3 Å². The van der Waals surface area contributed by atoms with Crippen LogP contribution in [0.5, 0.6) is 17.2 Å². The predicted octanol–water partition coefficient (Wildman–Crippen LogP) is 0.838. The summed E-state index contributed by atoms with van der Waals surface area (Å²) in [6, 6.07) is 4.85. The minimum Gasteiger partial charge on any atom is -0.493 e. The third-order valence-electron chi connectivity index (χ3n) is 3.75. The summed E-state index contributed by atoms with van der Waals surface area (Å²) in [7, 11) is 4.45. The van der Waals surface area contributed by atoms with Gasteiger partial charge in [0.15, 0.2) is 17.2 Å². The van der Waals surface area contributed by atoms with Crippen LogP contribution in [0.4, 0.5) is 0 Å². The summed E-state index contributed by atoms with van der Waals surface area (Å²) in [5, 5.41) is 0. The third kappa shape index (κ3) is 2.55. The number of fused-ring (bicyclic) bond motifs is 1. The highest BCUT2D eigenvalue weighted by molar-refractivity contribution is 6.02. The fourth-order valence-corrected chi connectivity index (χ4v) is 2.67. The van der Waals surface area contributed by atoms with Gasteiger partial charge in [-0.15, -0.1) is 0 Å². The van der Waals surface area contributed by atoms with Crippen LogP contribution in [0.2, 0.25) is 0 Å². The average molecular weight is 344 g/mol. The zero-order valence-corrected chi connectivity index (χ0v) is 13.8. The van der Waals surface area contributed by atoms with E-state index in [1.807, 2.05) is 0 Å². The molecule has 0 aliphatic carbocycles. The Kier molecular flexibility index (Phi) is 4.05. The molecule has 0 bridgehead atoms. The highest BCUT2D eigenvalue weighted by Crippen LogP contribution is 2.39. The standard InChI is InChI=1S/C16H16N4O5/c1-23-10-6-8(7-11(24-2)14(10)25-3)20-9-4-5-18-13(15(17)21)12(9)19-16(20)22/h4-7H,1-3H3,(H2,17,21)(H,19,22). The first-order chi connectivity index (χ1) is 12.0. The van der Waals surface area contributed by atoms with Crippen LogP contribution < -0.4 is 25.6 Å². The first kappa shape index (κ1) is 16.4. The van der Waals surface area contributed by atoms with Gasteiger partial charge in [-0.1, -0.05) is 0 Å². The number of H-pyrrole nitrogens is 1. The van der Waals surface area contributed by atoms with E-state index in [2.05, 4.69) is 9.97 Å². The molecular formula is C16H16N4O5. The Morgan fingerprint density at radius 1 is 1.16 bits per heavy atom. The number of methoxy groups -OCH3 is 3. The smallest absolute Gasteiger partial charge is 0.331 e. The number of ether oxygens (including phenoxy) is 3. The molecular weight excluding hydrogens is 328 g/mol. The summed E-state index contributed by atoms with van der Waals surface area (Å²) in [6.45, 7) is 0. The normalized spacial score (nSPS) is 10.7. The fraction of sp³-hybridized carbons (Fsp3) is 0.188. The van der Waals surface area contributed by atoms with Crippen LogP contribution in [-0.4, -0.2) is 41.8 Å². The lowest BCUT2D eigenvalue weighted by Crippen LogP contribution is -2.15. The van der Waals surface area contributed by atoms with Gasteiger partial charge in [0.05, 0.1) is 38.1 Å². The van der Waals surface area contributed by atoms with Crippen molar-refractivity contribution in [1.29, 1.82) is 0 Å². The van der Waals surface area contributed by atoms with Gasteiger partial charge in [-0.25, -0.2) is 9.78 Å². The monoisotopic (exact) mass is 344 g/mol. The minimum atomic E-state index is -0.733. The van der Waals surface area contributed by atoms with Gasteiger partial charge in [0.1, 0.15) is 0 Å². The van der Waals surface area contributed by atoms with Crippen LogP contribution in [0.1, 0.15) is 10.5 Å². The number of amides is 1. The first-order valence-electron chi connectivity index (χ1n) is 7.21. The topological polar surface area (TPSA) is 121 Å². The molecule has 0 atom stereocenters. The van der Waals surface area contributed by atoms with E-state index >= 15 is 0 Å². The van der Waals surface area contributed by atoms with E-state index in [0.29, 0.717) is 28.5 Å². The number of pyridine rings is 1. The van der Waals surface area contributed by atoms with Gasteiger partial charge in [0, 0.05) is 18.3 Å². The number of carbonyl (C=O) groups excluding carboxylic acids is 1. The Morgan fingerprint density at radius 2 is 1.80 bits per heavy atom. The van der Waals surface area contributed by atoms with Crippen molar-refractivity contribution in [2.24, 2.45) is 5.73 Å². The molecule has 0 fully saturated rings. The average Bonchev–Trinajstić information content (AvgIpc) is 2.95. The molecule has 0 unspecified atom stereocenters. The number of nitrogens with one attached hydrogen (secondary N) is 1. The molecule has 9 nitrogen and oxygen atoms in total. The highest BCUT2D eigenvalue weighted by atomic mass is 16.5. The number of carbonyl (C=O) groups is 1. The number of nitrogens with zero attached hydrogens (tertiary/aromatic N) is 2. The van der Waals surface area contributed by atoms with Gasteiger partial charge in [-0.2, -0.15) is 0 Å². The van der Waals surface area contributed by atoms with Gasteiger partial charge >= 0.3 is 5.69 Å². The second-order valence-electron chi connectivity index (χ2n) is 5.07. The summed E-state index contributed by atoms with van der Waals surface area (Å²) < 4.78 is 17.3. The molecule has 1 amide bonds. The molecule has 0 aliphatic rings. The third-order valence-corrected chi connectivity index (χ3v) is 3.75. The Bertz CT molecular complexity index is 996. The molecule has 0 aliphatic heterocycles. The van der Waals surface area contributed by atoms with Gasteiger partial charge in [-0.05, 0) is 6.07 Å². The van der Waals surface area contributed by atoms with Crippen molar-refractivity contribution in [1.82, 2.24) is 14.5 Å². The number of hydrogen-bond donors (Lipinski definition) is 2. The summed E-state index contributed by atoms with van der Waals surface area (Å²) in [4.78, 5) is 30.5. The van der Waals surface area contributed by atoms with Crippen LogP contribution in [-0.2, 0) is 0 Å². The minimum absolute atomic E-state index is 0.0132. The molecule has 3 rings (SSSR count). The Balaban J connectivity index is 2.34. The molecule has 0 saturated heterocycles. The zero-order valence-electron chi connectivity index (χ0n) is 13.8. The van der Waals surface area contributed by atoms with Crippen LogP contribution in [0.3, 0.4) is 0 Å². The second kappa shape index (κ2) is 6.19. The predicted molar refractivity (Wildman–Crippen MR) is 89.9 cm³/mol. The van der Waals surface area contributed by atoms with E-state index in [0.717, 1.165) is 0 Å². The van der Waals surface area contributed by atoms with Crippen LogP contribution in [0.25, 0.3) is 16.7 Å². The Labute approximate surface area is 141 Å². The quantitative estimate of drug-likeness (QED) is 0.707. The number of imidazole rings is 1. The second-order valence-corrected chi connectivity index (χ2v) is 5.07. The molecule has 130 valence electrons. The number of aromatic nitrogens is 3. The Hall–Kier alpha value is -3.49. The highest BCUT2D eigenvalue weighted by Gasteiger charge is 2.19. The van der Waals surface area contributed by atoms with E-state index < -0.39 is 11.6 Å². The van der Waals surface area contributed by atoms with Crippen molar-refractivity contribution < 1.29 is 19.0 Å². The lowest BCUT2D eigenvalue weighted by atomic mass is 10.2. The van der Waals surface area contributed by atoms with Crippen molar-refractivity contribution in [3.8, 4) is 22.9 Å². The number of hydrogen-bond acceptors (Lipinski definition) is 6. The lowest BCUT2D eigenvalue weighted by molar-refractivity contribution is 0.0997. The van der Waals surface area contributed by atoms with Crippen LogP contribution in [0.15, 0.2) is 29.2 Å². The molecule has 0 spiro atoms. The SMILES string of the molecule is COc1cc(-n2c(=O)[nH]c3c(C(N)=O)nccc32)cc(OC)c1OC. The molecule has 1 aromatic carbocycles. The molecule has 2 aromatic heterocycles. The molecule has 9 heteroatoms. The summed E-state index contributed by atoms with van der Waals surface area (Å²) >= 11 is 0. The van der Waals surface area contributed by atoms with Gasteiger partial charge in [0.25, 0.3) is 5.91 Å². The van der Waals surface area contributed by atoms with E-state index in [1.54, 1.807) is 18.2 Å². The molecule has 2 heterocycles. The number of rotatable bonds is 5. The number of aromatic amines is 1. The van der Waals surface area contributed by atoms with Gasteiger partial charge < -0.3 is 24.9 Å². The van der Waals surface area contributed by atoms with E-state index in [-0.39, 0.29) is 11.2 Å². The molecule has 0 radical (unpaired) electrons. The summed E-state index contributed by atoms with van der Waals surface area (Å²) in [6.07, 6.45) is 1.41. The molecule has 25 heavy (non-hydrogen) atoms. The van der Waals surface area contributed by atoms with Crippen molar-refractivity contribution >= 4 is 16.9 Å². The van der Waals surface area contributed by atoms with E-state index in [4.69, 9.17) is 19.9 Å². The number of nitrogens with two attached hydrogens (primary N) is 1. The Morgan fingerprint density at radius 3 is 2.32 bits per heavy atom. The first-order valence-corrected chi connectivity index (χ1v) is 7.21. The molecule has 3 aromatic rings. The van der Waals surface area contributed by atoms with Crippen LogP contribution >= 0.6 is 0 Å². The van der Waals surface area contributed by atoms with Gasteiger partial charge in [0.2, 0.25) is 5.75 Å². The van der Waals surface area contributed by atoms with E-state index in [1.165, 1.54) is 32.1 Å².